The third-order valence-corrected chi connectivity index (χ3v) is 3.18. The largest absolute Gasteiger partial charge is 0.287 e. The summed E-state index contributed by atoms with van der Waals surface area (Å²) in [6.45, 7) is 0. The van der Waals surface area contributed by atoms with E-state index in [9.17, 15) is 4.79 Å². The molecule has 1 heterocycles. The fourth-order valence-corrected chi connectivity index (χ4v) is 2.35. The van der Waals surface area contributed by atoms with E-state index < -0.39 is 0 Å². The number of hydrogen-bond acceptors (Lipinski definition) is 1. The van der Waals surface area contributed by atoms with E-state index in [1.165, 1.54) is 0 Å². The molecule has 1 aromatic heterocycles. The van der Waals surface area contributed by atoms with Crippen LogP contribution in [0.1, 0.15) is 0 Å². The lowest BCUT2D eigenvalue weighted by Crippen LogP contribution is -2.03. The highest BCUT2D eigenvalue weighted by Gasteiger charge is 2.15. The fourth-order valence-electron chi connectivity index (χ4n) is 2.35. The van der Waals surface area contributed by atoms with Crippen LogP contribution in [0.25, 0.3) is 22.4 Å². The lowest BCUT2D eigenvalue weighted by molar-refractivity contribution is 0.764. The zero-order valence-electron chi connectivity index (χ0n) is 10.6. The van der Waals surface area contributed by atoms with E-state index in [0.29, 0.717) is 5.56 Å². The van der Waals surface area contributed by atoms with E-state index in [1.54, 1.807) is 4.68 Å². The van der Waals surface area contributed by atoms with Crippen molar-refractivity contribution in [1.82, 2.24) is 9.78 Å². The van der Waals surface area contributed by atoms with Crippen LogP contribution >= 0.6 is 0 Å². The van der Waals surface area contributed by atoms with Gasteiger partial charge in [-0.2, -0.15) is 0 Å². The first-order valence-corrected chi connectivity index (χ1v) is 6.17. The van der Waals surface area contributed by atoms with Crippen LogP contribution in [0.15, 0.2) is 65.5 Å². The van der Waals surface area contributed by atoms with Gasteiger partial charge in [-0.3, -0.25) is 14.6 Å². The van der Waals surface area contributed by atoms with Crippen molar-refractivity contribution in [3.63, 3.8) is 0 Å². The predicted octanol–water partition coefficient (Wildman–Crippen LogP) is 3.05. The zero-order chi connectivity index (χ0) is 13.2. The van der Waals surface area contributed by atoms with Crippen LogP contribution in [-0.4, -0.2) is 9.78 Å². The van der Waals surface area contributed by atoms with Crippen molar-refractivity contribution in [2.45, 2.75) is 0 Å². The fraction of sp³-hybridized carbons (Fsp3) is 0.0625. The molecule has 94 valence electrons. The number of benzene rings is 2. The zero-order valence-corrected chi connectivity index (χ0v) is 10.6. The third-order valence-electron chi connectivity index (χ3n) is 3.18. The summed E-state index contributed by atoms with van der Waals surface area (Å²) >= 11 is 0. The number of nitrogens with one attached hydrogen (secondary N) is 1. The van der Waals surface area contributed by atoms with Gasteiger partial charge in [0, 0.05) is 12.6 Å². The molecule has 0 spiro atoms. The highest BCUT2D eigenvalue weighted by Crippen LogP contribution is 2.28. The number of hydrogen-bond donors (Lipinski definition) is 1. The second-order valence-corrected chi connectivity index (χ2v) is 4.46. The van der Waals surface area contributed by atoms with Gasteiger partial charge in [0.1, 0.15) is 0 Å². The molecule has 3 aromatic rings. The first-order chi connectivity index (χ1) is 9.27. The van der Waals surface area contributed by atoms with Crippen LogP contribution in [0.3, 0.4) is 0 Å². The topological polar surface area (TPSA) is 37.8 Å². The summed E-state index contributed by atoms with van der Waals surface area (Å²) in [5.41, 5.74) is 3.53. The molecule has 0 saturated heterocycles. The van der Waals surface area contributed by atoms with Crippen molar-refractivity contribution in [1.29, 1.82) is 0 Å². The van der Waals surface area contributed by atoms with Gasteiger partial charge in [-0.05, 0) is 5.56 Å². The molecular formula is C16H14N2O. The molecule has 0 unspecified atom stereocenters. The van der Waals surface area contributed by atoms with Gasteiger partial charge in [-0.25, -0.2) is 0 Å². The van der Waals surface area contributed by atoms with Gasteiger partial charge in [0.25, 0.3) is 5.56 Å². The van der Waals surface area contributed by atoms with Crippen LogP contribution in [0.2, 0.25) is 0 Å². The average Bonchev–Trinajstić information content (AvgIpc) is 2.75. The molecule has 0 saturated carbocycles. The molecule has 0 aliphatic carbocycles. The van der Waals surface area contributed by atoms with Crippen LogP contribution in [0.4, 0.5) is 0 Å². The SMILES string of the molecule is Cn1[nH]c(=O)c(-c2ccccc2)c1-c1ccccc1. The van der Waals surface area contributed by atoms with Gasteiger partial charge in [0.2, 0.25) is 0 Å². The van der Waals surface area contributed by atoms with Crippen LogP contribution in [0.5, 0.6) is 0 Å². The van der Waals surface area contributed by atoms with Crippen molar-refractivity contribution >= 4 is 0 Å². The van der Waals surface area contributed by atoms with Gasteiger partial charge in [0.05, 0.1) is 11.3 Å². The molecule has 2 aromatic carbocycles. The Morgan fingerprint density at radius 3 is 1.95 bits per heavy atom. The van der Waals surface area contributed by atoms with E-state index in [-0.39, 0.29) is 5.56 Å². The summed E-state index contributed by atoms with van der Waals surface area (Å²) in [5, 5.41) is 2.83. The molecule has 0 fully saturated rings. The van der Waals surface area contributed by atoms with Gasteiger partial charge < -0.3 is 0 Å². The summed E-state index contributed by atoms with van der Waals surface area (Å²) in [6, 6.07) is 19.7. The van der Waals surface area contributed by atoms with Crippen molar-refractivity contribution in [3.05, 3.63) is 71.0 Å². The Morgan fingerprint density at radius 1 is 0.842 bits per heavy atom. The van der Waals surface area contributed by atoms with Crippen LogP contribution in [0, 0.1) is 0 Å². The molecule has 0 aliphatic rings. The van der Waals surface area contributed by atoms with Crippen LogP contribution in [-0.2, 0) is 7.05 Å². The molecule has 0 radical (unpaired) electrons. The van der Waals surface area contributed by atoms with Crippen molar-refractivity contribution in [2.75, 3.05) is 0 Å². The van der Waals surface area contributed by atoms with Gasteiger partial charge >= 0.3 is 0 Å². The van der Waals surface area contributed by atoms with Crippen molar-refractivity contribution in [2.24, 2.45) is 7.05 Å². The maximum absolute atomic E-state index is 12.2. The number of rotatable bonds is 2. The minimum Gasteiger partial charge on any atom is -0.287 e. The minimum absolute atomic E-state index is 0.0625. The van der Waals surface area contributed by atoms with Crippen LogP contribution < -0.4 is 5.56 Å². The van der Waals surface area contributed by atoms with Gasteiger partial charge in [-0.15, -0.1) is 0 Å². The smallest absolute Gasteiger partial charge is 0.272 e. The number of aromatic nitrogens is 2. The second-order valence-electron chi connectivity index (χ2n) is 4.46. The van der Waals surface area contributed by atoms with E-state index in [2.05, 4.69) is 5.10 Å². The summed E-state index contributed by atoms with van der Waals surface area (Å²) in [4.78, 5) is 12.2. The standard InChI is InChI=1S/C16H14N2O/c1-18-15(13-10-6-3-7-11-13)14(16(19)17-18)12-8-4-2-5-9-12/h2-11H,1H3,(H,17,19). The van der Waals surface area contributed by atoms with Gasteiger partial charge in [-0.1, -0.05) is 60.7 Å². The molecule has 3 rings (SSSR count). The number of nitrogens with zero attached hydrogens (tertiary/aromatic N) is 1. The van der Waals surface area contributed by atoms with E-state index in [1.807, 2.05) is 67.7 Å². The van der Waals surface area contributed by atoms with Crippen molar-refractivity contribution in [3.8, 4) is 22.4 Å². The quantitative estimate of drug-likeness (QED) is 0.745. The highest BCUT2D eigenvalue weighted by atomic mass is 16.1. The van der Waals surface area contributed by atoms with Crippen molar-refractivity contribution < 1.29 is 0 Å². The molecular weight excluding hydrogens is 236 g/mol. The summed E-state index contributed by atoms with van der Waals surface area (Å²) in [5.74, 6) is 0. The number of aromatic amines is 1. The molecule has 1 N–H and O–H groups in total. The summed E-state index contributed by atoms with van der Waals surface area (Å²) in [6.07, 6.45) is 0. The Hall–Kier alpha value is -2.55. The molecule has 0 bridgehead atoms. The number of H-pyrrole nitrogens is 1. The average molecular weight is 250 g/mol. The molecule has 0 aliphatic heterocycles. The minimum atomic E-state index is -0.0625. The normalized spacial score (nSPS) is 10.6. The molecule has 3 heteroatoms. The Morgan fingerprint density at radius 2 is 1.37 bits per heavy atom. The van der Waals surface area contributed by atoms with E-state index >= 15 is 0 Å². The Kier molecular flexibility index (Phi) is 2.80. The second kappa shape index (κ2) is 4.61. The lowest BCUT2D eigenvalue weighted by Gasteiger charge is -2.06. The monoisotopic (exact) mass is 250 g/mol. The maximum atomic E-state index is 12.2. The predicted molar refractivity (Wildman–Crippen MR) is 76.9 cm³/mol. The summed E-state index contributed by atoms with van der Waals surface area (Å²) < 4.78 is 1.78. The van der Waals surface area contributed by atoms with E-state index in [4.69, 9.17) is 0 Å². The highest BCUT2D eigenvalue weighted by molar-refractivity contribution is 5.80. The molecule has 19 heavy (non-hydrogen) atoms. The molecule has 0 atom stereocenters. The Balaban J connectivity index is 2.30. The Bertz CT molecular complexity index is 739. The lowest BCUT2D eigenvalue weighted by atomic mass is 10.0. The van der Waals surface area contributed by atoms with E-state index in [0.717, 1.165) is 16.8 Å². The maximum Gasteiger partial charge on any atom is 0.272 e. The molecule has 3 nitrogen and oxygen atoms in total. The molecule has 0 amide bonds. The summed E-state index contributed by atoms with van der Waals surface area (Å²) in [7, 11) is 1.86. The first kappa shape index (κ1) is 11.5. The van der Waals surface area contributed by atoms with Gasteiger partial charge in [0.15, 0.2) is 0 Å². The third kappa shape index (κ3) is 1.99. The Labute approximate surface area is 111 Å². The number of aryl methyl sites for hydroxylation is 1. The first-order valence-electron chi connectivity index (χ1n) is 6.17.